The van der Waals surface area contributed by atoms with Gasteiger partial charge in [-0.3, -0.25) is 9.69 Å². The molecule has 2 heterocycles. The third-order valence-electron chi connectivity index (χ3n) is 5.96. The lowest BCUT2D eigenvalue weighted by atomic mass is 10.1. The smallest absolute Gasteiger partial charge is 0.369 e. The third kappa shape index (κ3) is 3.81. The van der Waals surface area contributed by atoms with Crippen LogP contribution in [0.5, 0.6) is 0 Å². The fourth-order valence-electron chi connectivity index (χ4n) is 4.20. The van der Waals surface area contributed by atoms with E-state index in [1.165, 1.54) is 12.1 Å². The largest absolute Gasteiger partial charge is 0.416 e. The van der Waals surface area contributed by atoms with Crippen molar-refractivity contribution in [2.45, 2.75) is 13.1 Å². The van der Waals surface area contributed by atoms with Crippen LogP contribution in [0, 0.1) is 6.92 Å². The summed E-state index contributed by atoms with van der Waals surface area (Å²) in [5.74, 6) is 0.0804. The first-order valence-electron chi connectivity index (χ1n) is 9.97. The van der Waals surface area contributed by atoms with Crippen LogP contribution in [0.4, 0.5) is 18.9 Å². The monoisotopic (exact) mass is 415 g/mol. The minimum absolute atomic E-state index is 0.0804. The number of alkyl halides is 3. The number of aryl methyl sites for hydroxylation is 1. The molecule has 0 radical (unpaired) electrons. The highest BCUT2D eigenvalue weighted by molar-refractivity contribution is 6.10. The molecule has 0 spiro atoms. The van der Waals surface area contributed by atoms with Crippen molar-refractivity contribution in [3.8, 4) is 0 Å². The average Bonchev–Trinajstić information content (AvgIpc) is 2.99. The van der Waals surface area contributed by atoms with E-state index in [1.807, 2.05) is 47.7 Å². The summed E-state index contributed by atoms with van der Waals surface area (Å²) in [5, 5.41) is 0.963. The Morgan fingerprint density at radius 1 is 1.00 bits per heavy atom. The van der Waals surface area contributed by atoms with Gasteiger partial charge in [0.05, 0.1) is 12.1 Å². The second-order valence-corrected chi connectivity index (χ2v) is 7.77. The van der Waals surface area contributed by atoms with Crippen molar-refractivity contribution in [2.75, 3.05) is 37.6 Å². The molecule has 1 saturated heterocycles. The fourth-order valence-corrected chi connectivity index (χ4v) is 4.20. The Labute approximate surface area is 173 Å². The van der Waals surface area contributed by atoms with E-state index in [0.29, 0.717) is 38.4 Å². The van der Waals surface area contributed by atoms with E-state index in [0.717, 1.165) is 28.2 Å². The minimum atomic E-state index is -4.35. The van der Waals surface area contributed by atoms with Crippen molar-refractivity contribution >= 4 is 22.4 Å². The molecule has 0 saturated carbocycles. The maximum absolute atomic E-state index is 13.1. The summed E-state index contributed by atoms with van der Waals surface area (Å²) in [6.07, 6.45) is -4.35. The molecule has 30 heavy (non-hydrogen) atoms. The van der Waals surface area contributed by atoms with E-state index in [-0.39, 0.29) is 5.78 Å². The molecule has 0 atom stereocenters. The first-order valence-corrected chi connectivity index (χ1v) is 9.97. The zero-order valence-corrected chi connectivity index (χ0v) is 17.0. The van der Waals surface area contributed by atoms with Crippen LogP contribution in [0.1, 0.15) is 21.6 Å². The summed E-state index contributed by atoms with van der Waals surface area (Å²) in [6, 6.07) is 13.3. The van der Waals surface area contributed by atoms with Gasteiger partial charge in [-0.1, -0.05) is 24.3 Å². The molecule has 1 fully saturated rings. The molecule has 0 bridgehead atoms. The van der Waals surface area contributed by atoms with Crippen LogP contribution in [0.15, 0.2) is 48.5 Å². The molecule has 2 aromatic carbocycles. The molecule has 158 valence electrons. The van der Waals surface area contributed by atoms with Gasteiger partial charge < -0.3 is 9.47 Å². The summed E-state index contributed by atoms with van der Waals surface area (Å²) in [5.41, 5.74) is 2.68. The Balaban J connectivity index is 1.44. The second-order valence-electron chi connectivity index (χ2n) is 7.77. The SMILES string of the molecule is Cc1c(C(=O)CN2CCN(c3cccc(C(F)(F)F)c3)CC2)c2ccccc2n1C. The van der Waals surface area contributed by atoms with E-state index in [9.17, 15) is 18.0 Å². The number of Topliss-reactive ketones (excluding diaryl/α,β-unsaturated/α-hetero) is 1. The lowest BCUT2D eigenvalue weighted by molar-refractivity contribution is -0.137. The van der Waals surface area contributed by atoms with E-state index in [2.05, 4.69) is 4.90 Å². The van der Waals surface area contributed by atoms with Crippen LogP contribution in [0.2, 0.25) is 0 Å². The van der Waals surface area contributed by atoms with Crippen LogP contribution in [-0.4, -0.2) is 48.0 Å². The minimum Gasteiger partial charge on any atom is -0.369 e. The van der Waals surface area contributed by atoms with Gasteiger partial charge in [0, 0.05) is 61.1 Å². The van der Waals surface area contributed by atoms with Crippen LogP contribution < -0.4 is 4.90 Å². The van der Waals surface area contributed by atoms with Gasteiger partial charge in [0.2, 0.25) is 0 Å². The van der Waals surface area contributed by atoms with Gasteiger partial charge in [-0.25, -0.2) is 0 Å². The van der Waals surface area contributed by atoms with Gasteiger partial charge in [0.15, 0.2) is 5.78 Å². The number of halogens is 3. The number of para-hydroxylation sites is 1. The molecular weight excluding hydrogens is 391 g/mol. The molecule has 1 aliphatic rings. The molecule has 1 aromatic heterocycles. The second kappa shape index (κ2) is 7.80. The number of benzene rings is 2. The maximum atomic E-state index is 13.1. The van der Waals surface area contributed by atoms with Crippen LogP contribution in [0.3, 0.4) is 0 Å². The number of piperazine rings is 1. The Kier molecular flexibility index (Phi) is 5.32. The van der Waals surface area contributed by atoms with Gasteiger partial charge in [-0.05, 0) is 31.2 Å². The van der Waals surface area contributed by atoms with E-state index < -0.39 is 11.7 Å². The van der Waals surface area contributed by atoms with Gasteiger partial charge in [0.25, 0.3) is 0 Å². The predicted molar refractivity (Wildman–Crippen MR) is 112 cm³/mol. The molecule has 4 nitrogen and oxygen atoms in total. The Morgan fingerprint density at radius 2 is 1.70 bits per heavy atom. The summed E-state index contributed by atoms with van der Waals surface area (Å²) in [6.45, 7) is 4.70. The Bertz CT molecular complexity index is 1080. The number of aromatic nitrogens is 1. The molecule has 0 aliphatic carbocycles. The van der Waals surface area contributed by atoms with Gasteiger partial charge >= 0.3 is 6.18 Å². The van der Waals surface area contributed by atoms with Crippen molar-refractivity contribution in [1.82, 2.24) is 9.47 Å². The molecule has 7 heteroatoms. The van der Waals surface area contributed by atoms with E-state index in [1.54, 1.807) is 6.07 Å². The highest BCUT2D eigenvalue weighted by Gasteiger charge is 2.31. The van der Waals surface area contributed by atoms with Gasteiger partial charge in [-0.15, -0.1) is 0 Å². The number of ketones is 1. The van der Waals surface area contributed by atoms with E-state index in [4.69, 9.17) is 0 Å². The number of hydrogen-bond donors (Lipinski definition) is 0. The normalized spacial score (nSPS) is 15.7. The molecule has 4 rings (SSSR count). The van der Waals surface area contributed by atoms with Crippen LogP contribution in [-0.2, 0) is 13.2 Å². The zero-order valence-electron chi connectivity index (χ0n) is 17.0. The molecule has 3 aromatic rings. The van der Waals surface area contributed by atoms with Crippen molar-refractivity contribution in [2.24, 2.45) is 7.05 Å². The Hall–Kier alpha value is -2.80. The topological polar surface area (TPSA) is 28.5 Å². The lowest BCUT2D eigenvalue weighted by Crippen LogP contribution is -2.48. The standard InChI is InChI=1S/C23H24F3N3O/c1-16-22(19-8-3-4-9-20(19)27(16)2)21(30)15-28-10-12-29(13-11-28)18-7-5-6-17(14-18)23(24,25)26/h3-9,14H,10-13,15H2,1-2H3. The van der Waals surface area contributed by atoms with Crippen molar-refractivity contribution in [1.29, 1.82) is 0 Å². The summed E-state index contributed by atoms with van der Waals surface area (Å²) in [7, 11) is 1.96. The highest BCUT2D eigenvalue weighted by Crippen LogP contribution is 2.32. The number of anilines is 1. The first-order chi connectivity index (χ1) is 14.3. The number of nitrogens with zero attached hydrogens (tertiary/aromatic N) is 3. The van der Waals surface area contributed by atoms with Crippen molar-refractivity contribution in [3.63, 3.8) is 0 Å². The number of fused-ring (bicyclic) bond motifs is 1. The number of carbonyl (C=O) groups is 1. The quantitative estimate of drug-likeness (QED) is 0.587. The number of hydrogen-bond acceptors (Lipinski definition) is 3. The van der Waals surface area contributed by atoms with Crippen LogP contribution >= 0.6 is 0 Å². The molecule has 0 amide bonds. The maximum Gasteiger partial charge on any atom is 0.416 e. The summed E-state index contributed by atoms with van der Waals surface area (Å²) < 4.78 is 41.0. The third-order valence-corrected chi connectivity index (χ3v) is 5.96. The van der Waals surface area contributed by atoms with E-state index >= 15 is 0 Å². The summed E-state index contributed by atoms with van der Waals surface area (Å²) >= 11 is 0. The highest BCUT2D eigenvalue weighted by atomic mass is 19.4. The molecule has 1 aliphatic heterocycles. The first kappa shape index (κ1) is 20.5. The molecule has 0 unspecified atom stereocenters. The molecule has 0 N–H and O–H groups in total. The zero-order chi connectivity index (χ0) is 21.5. The predicted octanol–water partition coefficient (Wildman–Crippen LogP) is 4.51. The average molecular weight is 415 g/mol. The van der Waals surface area contributed by atoms with Gasteiger partial charge in [0.1, 0.15) is 0 Å². The van der Waals surface area contributed by atoms with Crippen molar-refractivity contribution in [3.05, 3.63) is 65.4 Å². The van der Waals surface area contributed by atoms with Gasteiger partial charge in [-0.2, -0.15) is 13.2 Å². The van der Waals surface area contributed by atoms with Crippen LogP contribution in [0.25, 0.3) is 10.9 Å². The lowest BCUT2D eigenvalue weighted by Gasteiger charge is -2.36. The summed E-state index contributed by atoms with van der Waals surface area (Å²) in [4.78, 5) is 17.1. The Morgan fingerprint density at radius 3 is 2.40 bits per heavy atom. The molecular formula is C23H24F3N3O. The van der Waals surface area contributed by atoms with Crippen molar-refractivity contribution < 1.29 is 18.0 Å². The fraction of sp³-hybridized carbons (Fsp3) is 0.348. The number of carbonyl (C=O) groups excluding carboxylic acids is 1. The number of rotatable bonds is 4.